The molecule has 0 fully saturated rings. The molecule has 3 nitrogen and oxygen atoms in total. The maximum absolute atomic E-state index is 11.7. The van der Waals surface area contributed by atoms with E-state index in [1.807, 2.05) is 26.0 Å². The fourth-order valence-electron chi connectivity index (χ4n) is 2.46. The lowest BCUT2D eigenvalue weighted by atomic mass is 10.0. The third-order valence-electron chi connectivity index (χ3n) is 5.58. The maximum Gasteiger partial charge on any atom is 0.333 e. The number of carbonyl (C=O) groups is 1. The fraction of sp³-hybridized carbons (Fsp3) is 0.640. The summed E-state index contributed by atoms with van der Waals surface area (Å²) in [6, 6.07) is 0. The van der Waals surface area contributed by atoms with Crippen molar-refractivity contribution in [2.45, 2.75) is 98.9 Å². The lowest BCUT2D eigenvalue weighted by Crippen LogP contribution is -2.44. The van der Waals surface area contributed by atoms with Crippen LogP contribution in [0.3, 0.4) is 0 Å². The molecule has 166 valence electrons. The standard InChI is InChI=1S/C25H44O3Si/c1-11-13-14-15-21(4)23(28-29(9,10)25(6,7)8)19-17-20(3)16-18-22(5)24(26)27-12-2/h11,13,15-16,18,23H,12,14,17,19H2,1-10H3/b13-11+,20-16+,21-15-,22-18+. The molecule has 0 rings (SSSR count). The smallest absolute Gasteiger partial charge is 0.333 e. The number of hydrogen-bond acceptors (Lipinski definition) is 3. The number of rotatable bonds is 11. The lowest BCUT2D eigenvalue weighted by Gasteiger charge is -2.39. The minimum atomic E-state index is -1.86. The molecule has 0 N–H and O–H groups in total. The number of hydrogen-bond donors (Lipinski definition) is 0. The van der Waals surface area contributed by atoms with E-state index >= 15 is 0 Å². The second kappa shape index (κ2) is 13.0. The molecule has 0 aliphatic rings. The molecule has 0 aliphatic carbocycles. The molecule has 0 aromatic heterocycles. The van der Waals surface area contributed by atoms with Gasteiger partial charge in [0.15, 0.2) is 8.32 Å². The molecule has 1 unspecified atom stereocenters. The van der Waals surface area contributed by atoms with Gasteiger partial charge < -0.3 is 9.16 Å². The molecule has 0 radical (unpaired) electrons. The van der Waals surface area contributed by atoms with Crippen molar-refractivity contribution < 1.29 is 14.0 Å². The first kappa shape index (κ1) is 27.6. The molecule has 0 aromatic rings. The van der Waals surface area contributed by atoms with E-state index in [0.29, 0.717) is 12.2 Å². The Morgan fingerprint density at radius 2 is 1.72 bits per heavy atom. The van der Waals surface area contributed by atoms with Crippen LogP contribution in [0.1, 0.15) is 74.7 Å². The number of carbonyl (C=O) groups excluding carboxylic acids is 1. The van der Waals surface area contributed by atoms with Crippen LogP contribution < -0.4 is 0 Å². The summed E-state index contributed by atoms with van der Waals surface area (Å²) in [6.45, 7) is 21.8. The summed E-state index contributed by atoms with van der Waals surface area (Å²) in [6.07, 6.45) is 13.3. The highest BCUT2D eigenvalue weighted by Crippen LogP contribution is 2.38. The average Bonchev–Trinajstić information content (AvgIpc) is 2.62. The minimum Gasteiger partial charge on any atom is -0.463 e. The Morgan fingerprint density at radius 1 is 1.10 bits per heavy atom. The molecular weight excluding hydrogens is 376 g/mol. The third kappa shape index (κ3) is 10.8. The van der Waals surface area contributed by atoms with E-state index in [0.717, 1.165) is 19.3 Å². The third-order valence-corrected chi connectivity index (χ3v) is 10.1. The van der Waals surface area contributed by atoms with Gasteiger partial charge in [-0.15, -0.1) is 0 Å². The lowest BCUT2D eigenvalue weighted by molar-refractivity contribution is -0.138. The van der Waals surface area contributed by atoms with E-state index in [1.165, 1.54) is 11.1 Å². The van der Waals surface area contributed by atoms with Gasteiger partial charge in [0.1, 0.15) is 0 Å². The van der Waals surface area contributed by atoms with Gasteiger partial charge >= 0.3 is 5.97 Å². The van der Waals surface area contributed by atoms with Crippen molar-refractivity contribution >= 4 is 14.3 Å². The molecule has 1 atom stereocenters. The van der Waals surface area contributed by atoms with Crippen molar-refractivity contribution in [2.75, 3.05) is 6.61 Å². The summed E-state index contributed by atoms with van der Waals surface area (Å²) in [4.78, 5) is 11.7. The Labute approximate surface area is 181 Å². The van der Waals surface area contributed by atoms with Crippen molar-refractivity contribution in [3.63, 3.8) is 0 Å². The summed E-state index contributed by atoms with van der Waals surface area (Å²) in [5.41, 5.74) is 3.17. The zero-order valence-electron chi connectivity index (χ0n) is 20.5. The number of ether oxygens (including phenoxy) is 1. The van der Waals surface area contributed by atoms with Gasteiger partial charge in [0.05, 0.1) is 12.7 Å². The van der Waals surface area contributed by atoms with E-state index in [-0.39, 0.29) is 17.1 Å². The van der Waals surface area contributed by atoms with Crippen LogP contribution >= 0.6 is 0 Å². The van der Waals surface area contributed by atoms with Crippen molar-refractivity contribution in [3.8, 4) is 0 Å². The van der Waals surface area contributed by atoms with Crippen LogP contribution in [0.25, 0.3) is 0 Å². The van der Waals surface area contributed by atoms with E-state index in [1.54, 1.807) is 6.92 Å². The largest absolute Gasteiger partial charge is 0.463 e. The molecule has 4 heteroatoms. The van der Waals surface area contributed by atoms with Gasteiger partial charge in [-0.1, -0.05) is 56.7 Å². The Hall–Kier alpha value is -1.39. The van der Waals surface area contributed by atoms with E-state index in [9.17, 15) is 4.79 Å². The van der Waals surface area contributed by atoms with Crippen LogP contribution in [-0.4, -0.2) is 27.0 Å². The zero-order chi connectivity index (χ0) is 22.7. The Kier molecular flexibility index (Phi) is 12.4. The van der Waals surface area contributed by atoms with Gasteiger partial charge in [-0.05, 0) is 77.6 Å². The number of esters is 1. The predicted molar refractivity (Wildman–Crippen MR) is 129 cm³/mol. The molecule has 0 aliphatic heterocycles. The first-order valence-corrected chi connectivity index (χ1v) is 13.7. The van der Waals surface area contributed by atoms with Crippen molar-refractivity contribution in [1.29, 1.82) is 0 Å². The molecular formula is C25H44O3Si. The normalized spacial score (nSPS) is 15.7. The van der Waals surface area contributed by atoms with Gasteiger partial charge in [0.2, 0.25) is 0 Å². The summed E-state index contributed by atoms with van der Waals surface area (Å²) >= 11 is 0. The van der Waals surface area contributed by atoms with E-state index in [2.05, 4.69) is 65.9 Å². The monoisotopic (exact) mass is 420 g/mol. The molecule has 0 spiro atoms. The fourth-order valence-corrected chi connectivity index (χ4v) is 3.82. The van der Waals surface area contributed by atoms with Gasteiger partial charge in [0.25, 0.3) is 0 Å². The summed E-state index contributed by atoms with van der Waals surface area (Å²) in [7, 11) is -1.86. The quantitative estimate of drug-likeness (QED) is 0.114. The van der Waals surface area contributed by atoms with Crippen LogP contribution in [0.5, 0.6) is 0 Å². The topological polar surface area (TPSA) is 35.5 Å². The molecule has 0 bridgehead atoms. The Morgan fingerprint density at radius 3 is 2.24 bits per heavy atom. The molecule has 0 amide bonds. The van der Waals surface area contributed by atoms with Crippen LogP contribution in [0, 0.1) is 0 Å². The zero-order valence-corrected chi connectivity index (χ0v) is 21.5. The highest BCUT2D eigenvalue weighted by atomic mass is 28.4. The maximum atomic E-state index is 11.7. The van der Waals surface area contributed by atoms with Crippen molar-refractivity contribution in [2.24, 2.45) is 0 Å². The molecule has 0 heterocycles. The first-order chi connectivity index (χ1) is 13.4. The summed E-state index contributed by atoms with van der Waals surface area (Å²) in [5, 5.41) is 0.180. The SMILES string of the molecule is C/C=C/C/C=C(/C)C(CC/C(C)=C/C=C(\C)C(=O)OCC)O[Si](C)(C)C(C)(C)C. The molecule has 0 saturated heterocycles. The second-order valence-electron chi connectivity index (χ2n) is 9.24. The van der Waals surface area contributed by atoms with Gasteiger partial charge in [-0.2, -0.15) is 0 Å². The Balaban J connectivity index is 5.31. The van der Waals surface area contributed by atoms with Gasteiger partial charge in [-0.25, -0.2) is 4.79 Å². The van der Waals surface area contributed by atoms with Gasteiger partial charge in [0, 0.05) is 5.57 Å². The van der Waals surface area contributed by atoms with Crippen molar-refractivity contribution in [1.82, 2.24) is 0 Å². The van der Waals surface area contributed by atoms with E-state index < -0.39 is 8.32 Å². The van der Waals surface area contributed by atoms with Crippen molar-refractivity contribution in [3.05, 3.63) is 47.1 Å². The van der Waals surface area contributed by atoms with Gasteiger partial charge in [-0.3, -0.25) is 0 Å². The number of allylic oxidation sites excluding steroid dienone is 6. The first-order valence-electron chi connectivity index (χ1n) is 10.8. The van der Waals surface area contributed by atoms with E-state index in [4.69, 9.17) is 9.16 Å². The summed E-state index contributed by atoms with van der Waals surface area (Å²) in [5.74, 6) is -0.251. The van der Waals surface area contributed by atoms with Crippen LogP contribution in [0.2, 0.25) is 18.1 Å². The molecule has 29 heavy (non-hydrogen) atoms. The van der Waals surface area contributed by atoms with Crippen LogP contribution in [-0.2, 0) is 14.0 Å². The minimum absolute atomic E-state index is 0.125. The Bertz CT molecular complexity index is 631. The van der Waals surface area contributed by atoms with Crippen LogP contribution in [0.4, 0.5) is 0 Å². The summed E-state index contributed by atoms with van der Waals surface area (Å²) < 4.78 is 11.8. The highest BCUT2D eigenvalue weighted by Gasteiger charge is 2.39. The predicted octanol–water partition coefficient (Wildman–Crippen LogP) is 7.53. The molecule has 0 saturated carbocycles. The molecule has 0 aromatic carbocycles. The second-order valence-corrected chi connectivity index (χ2v) is 14.0. The average molecular weight is 421 g/mol. The highest BCUT2D eigenvalue weighted by molar-refractivity contribution is 6.74. The van der Waals surface area contributed by atoms with Crippen LogP contribution in [0.15, 0.2) is 47.1 Å².